The first-order chi connectivity index (χ1) is 21.5. The van der Waals surface area contributed by atoms with Gasteiger partial charge in [0.05, 0.1) is 28.4 Å². The molecule has 1 saturated heterocycles. The first-order valence-corrected chi connectivity index (χ1v) is 14.9. The Labute approximate surface area is 256 Å². The highest BCUT2D eigenvalue weighted by Crippen LogP contribution is 2.46. The molecule has 0 aliphatic carbocycles. The number of carbonyl (C=O) groups excluding carboxylic acids is 2. The highest BCUT2D eigenvalue weighted by atomic mass is 32.1. The van der Waals surface area contributed by atoms with E-state index in [-0.39, 0.29) is 11.3 Å². The molecule has 10 heteroatoms. The minimum atomic E-state index is -0.991. The SMILES string of the molecule is CCOc1ccc2nc(N3C(=O)C(=O)/C(=C(\O)c4ccc5c(c4)OCCO5)C3c3cccc(Oc4ccccc4)c3)sc2c1. The van der Waals surface area contributed by atoms with Crippen molar-refractivity contribution in [1.82, 2.24) is 4.98 Å². The van der Waals surface area contributed by atoms with Crippen molar-refractivity contribution in [2.24, 2.45) is 0 Å². The molecule has 9 nitrogen and oxygen atoms in total. The van der Waals surface area contributed by atoms with Crippen LogP contribution in [-0.2, 0) is 9.59 Å². The lowest BCUT2D eigenvalue weighted by atomic mass is 9.95. The van der Waals surface area contributed by atoms with Crippen molar-refractivity contribution in [2.75, 3.05) is 24.7 Å². The van der Waals surface area contributed by atoms with Gasteiger partial charge >= 0.3 is 5.91 Å². The highest BCUT2D eigenvalue weighted by Gasteiger charge is 2.48. The van der Waals surface area contributed by atoms with Gasteiger partial charge in [-0.05, 0) is 73.2 Å². The molecule has 1 atom stereocenters. The second kappa shape index (κ2) is 11.4. The molecule has 1 N–H and O–H groups in total. The van der Waals surface area contributed by atoms with Crippen molar-refractivity contribution >= 4 is 44.1 Å². The molecule has 0 spiro atoms. The first-order valence-electron chi connectivity index (χ1n) is 14.1. The topological polar surface area (TPSA) is 107 Å². The van der Waals surface area contributed by atoms with Gasteiger partial charge in [-0.3, -0.25) is 14.5 Å². The molecule has 1 fully saturated rings. The Morgan fingerprint density at radius 1 is 0.909 bits per heavy atom. The minimum Gasteiger partial charge on any atom is -0.507 e. The number of benzene rings is 4. The molecule has 0 bridgehead atoms. The van der Waals surface area contributed by atoms with Gasteiger partial charge < -0.3 is 24.1 Å². The number of aliphatic hydroxyl groups is 1. The Morgan fingerprint density at radius 3 is 2.52 bits per heavy atom. The van der Waals surface area contributed by atoms with Crippen molar-refractivity contribution in [1.29, 1.82) is 0 Å². The fourth-order valence-corrected chi connectivity index (χ4v) is 6.34. The molecule has 7 rings (SSSR count). The van der Waals surface area contributed by atoms with E-state index in [0.29, 0.717) is 70.3 Å². The first kappa shape index (κ1) is 27.5. The number of amides is 1. The number of Topliss-reactive ketones (excluding diaryl/α,β-unsaturated/α-hetero) is 1. The molecular formula is C34H26N2O7S. The van der Waals surface area contributed by atoms with Crippen molar-refractivity contribution in [3.63, 3.8) is 0 Å². The van der Waals surface area contributed by atoms with Crippen LogP contribution >= 0.6 is 11.3 Å². The van der Waals surface area contributed by atoms with Gasteiger partial charge in [-0.2, -0.15) is 0 Å². The zero-order valence-electron chi connectivity index (χ0n) is 23.6. The van der Waals surface area contributed by atoms with Crippen molar-refractivity contribution in [3.05, 3.63) is 108 Å². The van der Waals surface area contributed by atoms with Crippen molar-refractivity contribution < 1.29 is 33.6 Å². The Kier molecular flexibility index (Phi) is 7.11. The number of ether oxygens (including phenoxy) is 4. The Morgan fingerprint density at radius 2 is 1.70 bits per heavy atom. The van der Waals surface area contributed by atoms with Crippen LogP contribution in [0.1, 0.15) is 24.1 Å². The van der Waals surface area contributed by atoms with Crippen LogP contribution in [0.25, 0.3) is 16.0 Å². The quantitative estimate of drug-likeness (QED) is 0.121. The predicted molar refractivity (Wildman–Crippen MR) is 166 cm³/mol. The molecule has 5 aromatic rings. The minimum absolute atomic E-state index is 0.0715. The molecule has 0 saturated carbocycles. The number of nitrogens with zero attached hydrogens (tertiary/aromatic N) is 2. The summed E-state index contributed by atoms with van der Waals surface area (Å²) in [7, 11) is 0. The molecule has 2 aliphatic rings. The molecule has 1 amide bonds. The maximum absolute atomic E-state index is 13.8. The summed E-state index contributed by atoms with van der Waals surface area (Å²) in [6.07, 6.45) is 0. The Bertz CT molecular complexity index is 1940. The van der Waals surface area contributed by atoms with Gasteiger partial charge in [-0.15, -0.1) is 0 Å². The molecule has 3 heterocycles. The van der Waals surface area contributed by atoms with E-state index in [4.69, 9.17) is 23.9 Å². The molecular weight excluding hydrogens is 580 g/mol. The lowest BCUT2D eigenvalue weighted by molar-refractivity contribution is -0.132. The molecule has 0 radical (unpaired) electrons. The standard InChI is InChI=1S/C34H26N2O7S/c1-2-40-23-12-13-25-28(19-23)44-34(35-25)36-30(20-7-6-10-24(17-20)43-22-8-4-3-5-9-22)29(32(38)33(36)39)31(37)21-11-14-26-27(18-21)42-16-15-41-26/h3-14,17-19,30,37H,2,15-16H2,1H3/b31-29-. The Hall–Kier alpha value is -5.35. The van der Waals surface area contributed by atoms with E-state index in [1.165, 1.54) is 16.2 Å². The van der Waals surface area contributed by atoms with E-state index in [1.54, 1.807) is 42.5 Å². The fraction of sp³-hybridized carbons (Fsp3) is 0.147. The number of aliphatic hydroxyl groups excluding tert-OH is 1. The van der Waals surface area contributed by atoms with Crippen molar-refractivity contribution in [2.45, 2.75) is 13.0 Å². The summed E-state index contributed by atoms with van der Waals surface area (Å²) in [6.45, 7) is 3.18. The number of anilines is 1. The largest absolute Gasteiger partial charge is 0.507 e. The second-order valence-corrected chi connectivity index (χ2v) is 11.1. The lowest BCUT2D eigenvalue weighted by Crippen LogP contribution is -2.29. The number of carbonyl (C=O) groups is 2. The van der Waals surface area contributed by atoms with Gasteiger partial charge in [0.15, 0.2) is 16.6 Å². The lowest BCUT2D eigenvalue weighted by Gasteiger charge is -2.23. The van der Waals surface area contributed by atoms with Crippen LogP contribution in [0.3, 0.4) is 0 Å². The summed E-state index contributed by atoms with van der Waals surface area (Å²) in [5, 5.41) is 12.0. The smallest absolute Gasteiger partial charge is 0.301 e. The van der Waals surface area contributed by atoms with Crippen LogP contribution in [0.15, 0.2) is 96.6 Å². The number of fused-ring (bicyclic) bond motifs is 2. The predicted octanol–water partition coefficient (Wildman–Crippen LogP) is 6.88. The number of rotatable bonds is 7. The summed E-state index contributed by atoms with van der Waals surface area (Å²) in [4.78, 5) is 33.6. The van der Waals surface area contributed by atoms with E-state index in [9.17, 15) is 14.7 Å². The van der Waals surface area contributed by atoms with Crippen LogP contribution in [0, 0.1) is 0 Å². The van der Waals surface area contributed by atoms with Gasteiger partial charge in [0.2, 0.25) is 0 Å². The average molecular weight is 607 g/mol. The second-order valence-electron chi connectivity index (χ2n) is 10.1. The number of hydrogen-bond donors (Lipinski definition) is 1. The summed E-state index contributed by atoms with van der Waals surface area (Å²) in [6, 6.07) is 25.8. The summed E-state index contributed by atoms with van der Waals surface area (Å²) < 4.78 is 23.8. The van der Waals surface area contributed by atoms with E-state index >= 15 is 0 Å². The summed E-state index contributed by atoms with van der Waals surface area (Å²) >= 11 is 1.26. The Balaban J connectivity index is 1.37. The number of para-hydroxylation sites is 1. The van der Waals surface area contributed by atoms with E-state index in [0.717, 1.165) is 4.70 Å². The number of ketones is 1. The summed E-state index contributed by atoms with van der Waals surface area (Å²) in [5.41, 5.74) is 1.46. The molecule has 2 aliphatic heterocycles. The highest BCUT2D eigenvalue weighted by molar-refractivity contribution is 7.22. The van der Waals surface area contributed by atoms with Crippen LogP contribution < -0.4 is 23.8 Å². The molecule has 4 aromatic carbocycles. The zero-order valence-corrected chi connectivity index (χ0v) is 24.4. The van der Waals surface area contributed by atoms with E-state index < -0.39 is 17.7 Å². The van der Waals surface area contributed by atoms with E-state index in [1.807, 2.05) is 55.5 Å². The molecule has 220 valence electrons. The number of thiazole rings is 1. The molecule has 1 unspecified atom stereocenters. The van der Waals surface area contributed by atoms with Gasteiger partial charge in [-0.25, -0.2) is 4.98 Å². The van der Waals surface area contributed by atoms with Crippen LogP contribution in [0.4, 0.5) is 5.13 Å². The van der Waals surface area contributed by atoms with Gasteiger partial charge in [0.1, 0.15) is 36.2 Å². The fourth-order valence-electron chi connectivity index (χ4n) is 5.32. The third kappa shape index (κ3) is 4.99. The summed E-state index contributed by atoms with van der Waals surface area (Å²) in [5.74, 6) is 0.839. The molecule has 44 heavy (non-hydrogen) atoms. The third-order valence-corrected chi connectivity index (χ3v) is 8.30. The number of aromatic nitrogens is 1. The van der Waals surface area contributed by atoms with Crippen LogP contribution in [-0.4, -0.2) is 41.6 Å². The zero-order chi connectivity index (χ0) is 30.2. The molecule has 1 aromatic heterocycles. The maximum Gasteiger partial charge on any atom is 0.301 e. The normalized spacial score (nSPS) is 17.2. The third-order valence-electron chi connectivity index (χ3n) is 7.28. The van der Waals surface area contributed by atoms with Gasteiger partial charge in [-0.1, -0.05) is 41.7 Å². The van der Waals surface area contributed by atoms with Gasteiger partial charge in [0, 0.05) is 5.56 Å². The van der Waals surface area contributed by atoms with Crippen LogP contribution in [0.5, 0.6) is 28.7 Å². The monoisotopic (exact) mass is 606 g/mol. The van der Waals surface area contributed by atoms with Gasteiger partial charge in [0.25, 0.3) is 5.78 Å². The maximum atomic E-state index is 13.8. The number of hydrogen-bond acceptors (Lipinski definition) is 9. The van der Waals surface area contributed by atoms with Crippen molar-refractivity contribution in [3.8, 4) is 28.7 Å². The van der Waals surface area contributed by atoms with Crippen LogP contribution in [0.2, 0.25) is 0 Å². The average Bonchev–Trinajstić information content (AvgIpc) is 3.58. The van der Waals surface area contributed by atoms with E-state index in [2.05, 4.69) is 0 Å².